The van der Waals surface area contributed by atoms with Crippen LogP contribution in [0.15, 0.2) is 44.4 Å². The first-order chi connectivity index (χ1) is 14.5. The number of likely N-dealkylation sites (tertiary alicyclic amines) is 1. The predicted octanol–water partition coefficient (Wildman–Crippen LogP) is 2.17. The third-order valence-corrected chi connectivity index (χ3v) is 6.86. The molecule has 2 bridgehead atoms. The number of aromatic nitrogens is 4. The van der Waals surface area contributed by atoms with Crippen molar-refractivity contribution >= 4 is 0 Å². The lowest BCUT2D eigenvalue weighted by Gasteiger charge is -2.33. The van der Waals surface area contributed by atoms with Gasteiger partial charge in [0.1, 0.15) is 0 Å². The van der Waals surface area contributed by atoms with Gasteiger partial charge in [0.2, 0.25) is 11.7 Å². The zero-order valence-electron chi connectivity index (χ0n) is 17.4. The highest BCUT2D eigenvalue weighted by Gasteiger charge is 2.49. The molecule has 3 heterocycles. The van der Waals surface area contributed by atoms with E-state index in [0.29, 0.717) is 41.5 Å². The van der Waals surface area contributed by atoms with Crippen molar-refractivity contribution in [3.05, 3.63) is 68.3 Å². The van der Waals surface area contributed by atoms with E-state index in [9.17, 15) is 9.59 Å². The van der Waals surface area contributed by atoms with E-state index in [1.54, 1.807) is 11.6 Å². The van der Waals surface area contributed by atoms with Crippen molar-refractivity contribution in [1.29, 1.82) is 0 Å². The molecule has 156 valence electrons. The molecule has 8 nitrogen and oxygen atoms in total. The van der Waals surface area contributed by atoms with Gasteiger partial charge in [-0.3, -0.25) is 14.3 Å². The number of piperidine rings is 1. The number of rotatable bonds is 4. The zero-order valence-corrected chi connectivity index (χ0v) is 17.4. The maximum atomic E-state index is 12.9. The van der Waals surface area contributed by atoms with E-state index in [1.807, 2.05) is 37.3 Å². The second-order valence-electron chi connectivity index (χ2n) is 8.44. The SMILES string of the molecule is Cc1c(CN2[C@@H]3CC[C@@H](C3)[C@H]2c2nc(-c3ccccc3)no2)c(=O)n(C)c(=O)n1C. The lowest BCUT2D eigenvalue weighted by atomic mass is 9.98. The average Bonchev–Trinajstić information content (AvgIpc) is 3.51. The molecule has 1 aliphatic carbocycles. The average molecular weight is 407 g/mol. The van der Waals surface area contributed by atoms with Crippen LogP contribution in [0.25, 0.3) is 11.4 Å². The smallest absolute Gasteiger partial charge is 0.330 e. The molecule has 0 spiro atoms. The summed E-state index contributed by atoms with van der Waals surface area (Å²) in [6.45, 7) is 2.31. The van der Waals surface area contributed by atoms with Gasteiger partial charge in [0.15, 0.2) is 0 Å². The number of hydrogen-bond donors (Lipinski definition) is 0. The van der Waals surface area contributed by atoms with Crippen LogP contribution in [-0.2, 0) is 20.6 Å². The molecule has 1 aliphatic heterocycles. The van der Waals surface area contributed by atoms with Crippen LogP contribution in [0.3, 0.4) is 0 Å². The second-order valence-corrected chi connectivity index (χ2v) is 8.44. The van der Waals surface area contributed by atoms with Gasteiger partial charge in [-0.1, -0.05) is 35.5 Å². The van der Waals surface area contributed by atoms with Gasteiger partial charge in [-0.05, 0) is 32.1 Å². The van der Waals surface area contributed by atoms with Gasteiger partial charge in [-0.2, -0.15) is 4.98 Å². The summed E-state index contributed by atoms with van der Waals surface area (Å²) in [5.41, 5.74) is 1.75. The van der Waals surface area contributed by atoms with Crippen LogP contribution < -0.4 is 11.2 Å². The number of hydrogen-bond acceptors (Lipinski definition) is 6. The molecule has 0 N–H and O–H groups in total. The lowest BCUT2D eigenvalue weighted by molar-refractivity contribution is 0.102. The molecule has 2 fully saturated rings. The fraction of sp³-hybridized carbons (Fsp3) is 0.455. The van der Waals surface area contributed by atoms with Crippen LogP contribution in [0.1, 0.15) is 42.5 Å². The van der Waals surface area contributed by atoms with Crippen LogP contribution in [0.5, 0.6) is 0 Å². The van der Waals surface area contributed by atoms with Crippen molar-refractivity contribution in [2.24, 2.45) is 20.0 Å². The Morgan fingerprint density at radius 2 is 1.87 bits per heavy atom. The molecule has 1 saturated carbocycles. The molecule has 1 saturated heterocycles. The van der Waals surface area contributed by atoms with E-state index in [-0.39, 0.29) is 17.3 Å². The Morgan fingerprint density at radius 3 is 2.63 bits per heavy atom. The monoisotopic (exact) mass is 407 g/mol. The molecule has 5 rings (SSSR count). The van der Waals surface area contributed by atoms with Gasteiger partial charge in [0.05, 0.1) is 11.6 Å². The molecule has 8 heteroatoms. The van der Waals surface area contributed by atoms with Crippen molar-refractivity contribution in [2.75, 3.05) is 0 Å². The molecule has 1 aromatic carbocycles. The zero-order chi connectivity index (χ0) is 21.0. The largest absolute Gasteiger partial charge is 0.337 e. The molecule has 30 heavy (non-hydrogen) atoms. The Morgan fingerprint density at radius 1 is 1.10 bits per heavy atom. The molecular weight excluding hydrogens is 382 g/mol. The summed E-state index contributed by atoms with van der Waals surface area (Å²) >= 11 is 0. The summed E-state index contributed by atoms with van der Waals surface area (Å²) in [5.74, 6) is 1.64. The summed E-state index contributed by atoms with van der Waals surface area (Å²) in [6.07, 6.45) is 3.30. The second kappa shape index (κ2) is 7.05. The maximum Gasteiger partial charge on any atom is 0.330 e. The fourth-order valence-corrected chi connectivity index (χ4v) is 5.09. The first-order valence-corrected chi connectivity index (χ1v) is 10.4. The van der Waals surface area contributed by atoms with E-state index < -0.39 is 0 Å². The highest BCUT2D eigenvalue weighted by molar-refractivity contribution is 5.53. The Kier molecular flexibility index (Phi) is 4.47. The van der Waals surface area contributed by atoms with Gasteiger partial charge < -0.3 is 9.09 Å². The Hall–Kier alpha value is -3.00. The van der Waals surface area contributed by atoms with Crippen molar-refractivity contribution in [1.82, 2.24) is 24.2 Å². The van der Waals surface area contributed by atoms with Crippen molar-refractivity contribution in [2.45, 2.75) is 44.8 Å². The normalized spacial score (nSPS) is 23.4. The minimum absolute atomic E-state index is 0.00458. The quantitative estimate of drug-likeness (QED) is 0.659. The minimum Gasteiger partial charge on any atom is -0.337 e. The maximum absolute atomic E-state index is 12.9. The van der Waals surface area contributed by atoms with Crippen LogP contribution >= 0.6 is 0 Å². The summed E-state index contributed by atoms with van der Waals surface area (Å²) in [7, 11) is 3.24. The molecule has 0 amide bonds. The summed E-state index contributed by atoms with van der Waals surface area (Å²) in [6, 6.07) is 10.2. The highest BCUT2D eigenvalue weighted by atomic mass is 16.5. The van der Waals surface area contributed by atoms with Crippen molar-refractivity contribution < 1.29 is 4.52 Å². The Balaban J connectivity index is 1.51. The molecular formula is C22H25N5O3. The Labute approximate surface area is 173 Å². The molecule has 2 aromatic heterocycles. The minimum atomic E-state index is -0.301. The lowest BCUT2D eigenvalue weighted by Crippen LogP contribution is -2.43. The topological polar surface area (TPSA) is 86.2 Å². The summed E-state index contributed by atoms with van der Waals surface area (Å²) in [5, 5.41) is 4.21. The number of nitrogens with zero attached hydrogens (tertiary/aromatic N) is 5. The molecule has 0 unspecified atom stereocenters. The first kappa shape index (κ1) is 19.0. The third-order valence-electron chi connectivity index (χ3n) is 6.86. The van der Waals surface area contributed by atoms with E-state index in [1.165, 1.54) is 11.6 Å². The third kappa shape index (κ3) is 2.86. The van der Waals surface area contributed by atoms with Gasteiger partial charge in [0, 0.05) is 37.9 Å². The van der Waals surface area contributed by atoms with Gasteiger partial charge >= 0.3 is 5.69 Å². The van der Waals surface area contributed by atoms with E-state index in [2.05, 4.69) is 10.1 Å². The van der Waals surface area contributed by atoms with Crippen LogP contribution in [0.2, 0.25) is 0 Å². The van der Waals surface area contributed by atoms with Crippen LogP contribution in [0.4, 0.5) is 0 Å². The number of fused-ring (bicyclic) bond motifs is 2. The molecule has 3 atom stereocenters. The predicted molar refractivity (Wildman–Crippen MR) is 111 cm³/mol. The highest BCUT2D eigenvalue weighted by Crippen LogP contribution is 2.50. The van der Waals surface area contributed by atoms with Gasteiger partial charge in [0.25, 0.3) is 5.56 Å². The van der Waals surface area contributed by atoms with Crippen LogP contribution in [0, 0.1) is 12.8 Å². The summed E-state index contributed by atoms with van der Waals surface area (Å²) in [4.78, 5) is 32.1. The first-order valence-electron chi connectivity index (χ1n) is 10.4. The van der Waals surface area contributed by atoms with E-state index in [4.69, 9.17) is 9.51 Å². The van der Waals surface area contributed by atoms with E-state index in [0.717, 1.165) is 24.8 Å². The molecule has 3 aromatic rings. The molecule has 2 aliphatic rings. The van der Waals surface area contributed by atoms with Gasteiger partial charge in [-0.25, -0.2) is 4.79 Å². The van der Waals surface area contributed by atoms with Crippen LogP contribution in [-0.4, -0.2) is 30.2 Å². The molecule has 0 radical (unpaired) electrons. The van der Waals surface area contributed by atoms with E-state index >= 15 is 0 Å². The fourth-order valence-electron chi connectivity index (χ4n) is 5.09. The number of benzene rings is 1. The van der Waals surface area contributed by atoms with Gasteiger partial charge in [-0.15, -0.1) is 0 Å². The van der Waals surface area contributed by atoms with Crippen molar-refractivity contribution in [3.63, 3.8) is 0 Å². The summed E-state index contributed by atoms with van der Waals surface area (Å²) < 4.78 is 8.44. The standard InChI is InChI=1S/C22H25N5O3/c1-13-17(21(28)26(3)22(29)25(13)2)12-27-16-10-9-15(11-16)18(27)20-23-19(24-30-20)14-7-5-4-6-8-14/h4-8,15-16,18H,9-12H2,1-3H3/t15-,16+,18-/m0/s1. The van der Waals surface area contributed by atoms with Crippen molar-refractivity contribution in [3.8, 4) is 11.4 Å². The Bertz CT molecular complexity index is 1210.